The molecule has 0 atom stereocenters. The molecule has 5 aromatic rings. The number of aromatic nitrogens is 3. The van der Waals surface area contributed by atoms with Crippen molar-refractivity contribution >= 4 is 57.1 Å². The smallest absolute Gasteiger partial charge is 0.255 e. The molecular weight excluding hydrogens is 440 g/mol. The van der Waals surface area contributed by atoms with Gasteiger partial charge in [-0.15, -0.1) is 0 Å². The minimum absolute atomic E-state index is 0.0823. The average Bonchev–Trinajstić information content (AvgIpc) is 2.85. The zero-order valence-corrected chi connectivity index (χ0v) is 18.6. The van der Waals surface area contributed by atoms with Crippen molar-refractivity contribution in [2.24, 2.45) is 0 Å². The van der Waals surface area contributed by atoms with Gasteiger partial charge in [0, 0.05) is 46.0 Å². The summed E-state index contributed by atoms with van der Waals surface area (Å²) in [6.07, 6.45) is 1.78. The van der Waals surface area contributed by atoms with Gasteiger partial charge in [-0.05, 0) is 60.7 Å². The van der Waals surface area contributed by atoms with Gasteiger partial charge in [-0.3, -0.25) is 9.78 Å². The van der Waals surface area contributed by atoms with E-state index in [-0.39, 0.29) is 17.7 Å². The van der Waals surface area contributed by atoms with Gasteiger partial charge < -0.3 is 27.4 Å². The molecule has 7 N–H and O–H groups in total. The van der Waals surface area contributed by atoms with Crippen LogP contribution in [0.15, 0.2) is 91.1 Å². The van der Waals surface area contributed by atoms with Gasteiger partial charge in [-0.25, -0.2) is 0 Å². The zero-order valence-electron chi connectivity index (χ0n) is 18.6. The molecule has 2 heterocycles. The molecule has 0 fully saturated rings. The number of nitrogen functional groups attached to an aromatic ring is 2. The van der Waals surface area contributed by atoms with E-state index in [2.05, 4.69) is 30.9 Å². The molecular formula is C26H22N8O. The number of hydrogen-bond donors (Lipinski definition) is 5. The Kier molecular flexibility index (Phi) is 5.79. The Morgan fingerprint density at radius 3 is 2.20 bits per heavy atom. The molecule has 0 saturated heterocycles. The minimum atomic E-state index is -0.215. The van der Waals surface area contributed by atoms with Gasteiger partial charge in [-0.1, -0.05) is 18.2 Å². The molecule has 0 aliphatic rings. The van der Waals surface area contributed by atoms with E-state index in [1.54, 1.807) is 36.5 Å². The largest absolute Gasteiger partial charge is 0.383 e. The van der Waals surface area contributed by atoms with Gasteiger partial charge in [0.2, 0.25) is 5.95 Å². The summed E-state index contributed by atoms with van der Waals surface area (Å²) in [6, 6.07) is 26.0. The number of carbonyl (C=O) groups is 1. The lowest BCUT2D eigenvalue weighted by molar-refractivity contribution is 0.102. The summed E-state index contributed by atoms with van der Waals surface area (Å²) in [5, 5.41) is 10.4. The first-order valence-corrected chi connectivity index (χ1v) is 10.8. The van der Waals surface area contributed by atoms with Crippen LogP contribution in [0.1, 0.15) is 10.4 Å². The molecule has 0 spiro atoms. The molecule has 0 radical (unpaired) electrons. The van der Waals surface area contributed by atoms with Gasteiger partial charge in [0.05, 0.1) is 5.52 Å². The maximum atomic E-state index is 12.7. The van der Waals surface area contributed by atoms with Crippen LogP contribution in [0.4, 0.5) is 40.3 Å². The summed E-state index contributed by atoms with van der Waals surface area (Å²) < 4.78 is 0. The minimum Gasteiger partial charge on any atom is -0.383 e. The van der Waals surface area contributed by atoms with Crippen LogP contribution in [0.25, 0.3) is 10.9 Å². The molecule has 1 amide bonds. The first kappa shape index (κ1) is 21.7. The molecule has 5 rings (SSSR count). The van der Waals surface area contributed by atoms with E-state index in [1.165, 1.54) is 0 Å². The Labute approximate surface area is 201 Å². The van der Waals surface area contributed by atoms with Gasteiger partial charge in [0.25, 0.3) is 5.91 Å². The summed E-state index contributed by atoms with van der Waals surface area (Å²) in [5.74, 6) is 0.610. The Morgan fingerprint density at radius 2 is 1.43 bits per heavy atom. The molecule has 3 aromatic carbocycles. The maximum absolute atomic E-state index is 12.7. The lowest BCUT2D eigenvalue weighted by Crippen LogP contribution is -2.11. The quantitative estimate of drug-likeness (QED) is 0.239. The lowest BCUT2D eigenvalue weighted by Gasteiger charge is -2.11. The molecule has 2 aromatic heterocycles. The number of nitrogens with zero attached hydrogens (tertiary/aromatic N) is 3. The van der Waals surface area contributed by atoms with Crippen molar-refractivity contribution < 1.29 is 4.79 Å². The maximum Gasteiger partial charge on any atom is 0.255 e. The van der Waals surface area contributed by atoms with E-state index in [0.29, 0.717) is 17.1 Å². The highest BCUT2D eigenvalue weighted by molar-refractivity contribution is 6.04. The number of benzene rings is 3. The molecule has 35 heavy (non-hydrogen) atoms. The van der Waals surface area contributed by atoms with Crippen LogP contribution in [-0.4, -0.2) is 20.9 Å². The van der Waals surface area contributed by atoms with E-state index < -0.39 is 0 Å². The number of pyridine rings is 1. The van der Waals surface area contributed by atoms with Gasteiger partial charge >= 0.3 is 0 Å². The molecule has 9 nitrogen and oxygen atoms in total. The van der Waals surface area contributed by atoms with Crippen molar-refractivity contribution in [1.29, 1.82) is 0 Å². The Bertz CT molecular complexity index is 1480. The first-order valence-electron chi connectivity index (χ1n) is 10.8. The third-order valence-corrected chi connectivity index (χ3v) is 5.25. The normalized spacial score (nSPS) is 10.6. The second-order valence-electron chi connectivity index (χ2n) is 7.77. The Hall–Kier alpha value is -5.18. The van der Waals surface area contributed by atoms with Crippen molar-refractivity contribution in [2.75, 3.05) is 27.4 Å². The van der Waals surface area contributed by atoms with Crippen LogP contribution in [0.2, 0.25) is 0 Å². The number of hydrogen-bond acceptors (Lipinski definition) is 8. The van der Waals surface area contributed by atoms with Gasteiger partial charge in [0.15, 0.2) is 0 Å². The number of nitrogens with two attached hydrogens (primary N) is 2. The van der Waals surface area contributed by atoms with Crippen LogP contribution in [0.5, 0.6) is 0 Å². The number of fused-ring (bicyclic) bond motifs is 1. The number of anilines is 7. The van der Waals surface area contributed by atoms with Crippen molar-refractivity contribution in [3.8, 4) is 0 Å². The molecule has 0 aliphatic heterocycles. The van der Waals surface area contributed by atoms with E-state index >= 15 is 0 Å². The predicted molar refractivity (Wildman–Crippen MR) is 140 cm³/mol. The summed E-state index contributed by atoms with van der Waals surface area (Å²) in [5.41, 5.74) is 16.0. The van der Waals surface area contributed by atoms with Crippen LogP contribution in [0.3, 0.4) is 0 Å². The van der Waals surface area contributed by atoms with Gasteiger partial charge in [-0.2, -0.15) is 9.97 Å². The summed E-state index contributed by atoms with van der Waals surface area (Å²) in [4.78, 5) is 25.0. The van der Waals surface area contributed by atoms with Crippen LogP contribution >= 0.6 is 0 Å². The highest BCUT2D eigenvalue weighted by Crippen LogP contribution is 2.26. The highest BCUT2D eigenvalue weighted by atomic mass is 16.1. The predicted octanol–water partition coefficient (Wildman–Crippen LogP) is 4.93. The molecule has 9 heteroatoms. The summed E-state index contributed by atoms with van der Waals surface area (Å²) in [6.45, 7) is 0. The number of carbonyl (C=O) groups excluding carboxylic acids is 1. The fraction of sp³-hybridized carbons (Fsp3) is 0. The third kappa shape index (κ3) is 5.09. The summed E-state index contributed by atoms with van der Waals surface area (Å²) >= 11 is 0. The van der Waals surface area contributed by atoms with E-state index in [9.17, 15) is 4.79 Å². The second kappa shape index (κ2) is 9.36. The van der Waals surface area contributed by atoms with Crippen molar-refractivity contribution in [1.82, 2.24) is 15.0 Å². The SMILES string of the molecule is Nc1cc(Nc2ccc(C(=O)Nc3ccc(Nc4ccnc5ccccc45)cc3)cc2)nc(N)n1. The zero-order chi connectivity index (χ0) is 24.2. The monoisotopic (exact) mass is 462 g/mol. The Balaban J connectivity index is 1.23. The number of para-hydroxylation sites is 1. The van der Waals surface area contributed by atoms with E-state index in [0.717, 1.165) is 28.0 Å². The first-order chi connectivity index (χ1) is 17.0. The fourth-order valence-corrected chi connectivity index (χ4v) is 3.60. The molecule has 0 aliphatic carbocycles. The van der Waals surface area contributed by atoms with Crippen LogP contribution in [0, 0.1) is 0 Å². The molecule has 0 saturated carbocycles. The topological polar surface area (TPSA) is 144 Å². The number of amides is 1. The van der Waals surface area contributed by atoms with Crippen LogP contribution < -0.4 is 27.4 Å². The highest BCUT2D eigenvalue weighted by Gasteiger charge is 2.08. The van der Waals surface area contributed by atoms with Crippen molar-refractivity contribution in [3.05, 3.63) is 96.7 Å². The fourth-order valence-electron chi connectivity index (χ4n) is 3.60. The molecule has 0 unspecified atom stereocenters. The molecule has 0 bridgehead atoms. The third-order valence-electron chi connectivity index (χ3n) is 5.25. The number of rotatable bonds is 6. The van der Waals surface area contributed by atoms with Gasteiger partial charge in [0.1, 0.15) is 11.6 Å². The Morgan fingerprint density at radius 1 is 0.743 bits per heavy atom. The lowest BCUT2D eigenvalue weighted by atomic mass is 10.1. The van der Waals surface area contributed by atoms with E-state index in [4.69, 9.17) is 11.5 Å². The number of nitrogens with one attached hydrogen (secondary N) is 3. The second-order valence-corrected chi connectivity index (χ2v) is 7.77. The summed E-state index contributed by atoms with van der Waals surface area (Å²) in [7, 11) is 0. The van der Waals surface area contributed by atoms with Crippen molar-refractivity contribution in [2.45, 2.75) is 0 Å². The van der Waals surface area contributed by atoms with Crippen LogP contribution in [-0.2, 0) is 0 Å². The van der Waals surface area contributed by atoms with E-state index in [1.807, 2.05) is 54.6 Å². The van der Waals surface area contributed by atoms with Crippen molar-refractivity contribution in [3.63, 3.8) is 0 Å². The average molecular weight is 463 g/mol. The standard InChI is InChI=1S/C26H22N8O/c27-23-15-24(34-26(28)33-23)31-18-7-5-16(6-8-18)25(35)32-19-11-9-17(10-12-19)30-22-13-14-29-21-4-2-1-3-20(21)22/h1-15H,(H,29,30)(H,32,35)(H5,27,28,31,33,34). The molecule has 172 valence electrons.